The lowest BCUT2D eigenvalue weighted by molar-refractivity contribution is -0.140. The molecule has 2 amide bonds. The topological polar surface area (TPSA) is 49.4 Å². The number of benzene rings is 1. The lowest BCUT2D eigenvalue weighted by Crippen LogP contribution is -2.47. The molecule has 0 bridgehead atoms. The Hall–Kier alpha value is -2.05. The summed E-state index contributed by atoms with van der Waals surface area (Å²) in [6.45, 7) is 4.28. The predicted molar refractivity (Wildman–Crippen MR) is 82.9 cm³/mol. The molecule has 1 fully saturated rings. The third-order valence-electron chi connectivity index (χ3n) is 4.08. The molecule has 7 heteroatoms. The Bertz CT molecular complexity index is 597. The highest BCUT2D eigenvalue weighted by molar-refractivity contribution is 5.88. The van der Waals surface area contributed by atoms with E-state index in [1.165, 1.54) is 12.1 Å². The molecule has 1 saturated heterocycles. The minimum atomic E-state index is -4.37. The fourth-order valence-electron chi connectivity index (χ4n) is 2.75. The van der Waals surface area contributed by atoms with Crippen molar-refractivity contribution in [2.75, 3.05) is 6.54 Å². The second-order valence-electron chi connectivity index (χ2n) is 6.26. The van der Waals surface area contributed by atoms with Crippen molar-refractivity contribution in [2.45, 2.75) is 45.5 Å². The van der Waals surface area contributed by atoms with E-state index in [9.17, 15) is 22.8 Å². The second kappa shape index (κ2) is 7.23. The van der Waals surface area contributed by atoms with Crippen LogP contribution in [-0.2, 0) is 22.3 Å². The molecule has 0 aliphatic carbocycles. The fraction of sp³-hybridized carbons (Fsp3) is 0.529. The van der Waals surface area contributed by atoms with Gasteiger partial charge in [-0.2, -0.15) is 13.2 Å². The summed E-state index contributed by atoms with van der Waals surface area (Å²) >= 11 is 0. The monoisotopic (exact) mass is 342 g/mol. The Kier molecular flexibility index (Phi) is 5.51. The van der Waals surface area contributed by atoms with Gasteiger partial charge in [0, 0.05) is 19.0 Å². The summed E-state index contributed by atoms with van der Waals surface area (Å²) < 4.78 is 37.5. The number of hydrogen-bond acceptors (Lipinski definition) is 2. The SMILES string of the molecule is CC(C)C(=O)N1CCC[C@H]1C(=O)NCc1ccc(C(F)(F)F)cc1. The molecule has 132 valence electrons. The number of carbonyl (C=O) groups is 2. The summed E-state index contributed by atoms with van der Waals surface area (Å²) in [5.41, 5.74) is -0.141. The Morgan fingerprint density at radius 1 is 1.25 bits per heavy atom. The van der Waals surface area contributed by atoms with E-state index in [2.05, 4.69) is 5.32 Å². The number of alkyl halides is 3. The molecule has 24 heavy (non-hydrogen) atoms. The normalized spacial score (nSPS) is 18.1. The quantitative estimate of drug-likeness (QED) is 0.915. The number of nitrogens with zero attached hydrogens (tertiary/aromatic N) is 1. The zero-order valence-corrected chi connectivity index (χ0v) is 13.7. The van der Waals surface area contributed by atoms with Crippen molar-refractivity contribution >= 4 is 11.8 Å². The van der Waals surface area contributed by atoms with Crippen LogP contribution in [0.5, 0.6) is 0 Å². The van der Waals surface area contributed by atoms with Crippen molar-refractivity contribution < 1.29 is 22.8 Å². The molecule has 0 aromatic heterocycles. The first kappa shape index (κ1) is 18.3. The predicted octanol–water partition coefficient (Wildman–Crippen LogP) is 2.97. The van der Waals surface area contributed by atoms with E-state index in [1.54, 1.807) is 18.7 Å². The van der Waals surface area contributed by atoms with Crippen LogP contribution >= 0.6 is 0 Å². The first-order chi connectivity index (χ1) is 11.2. The number of amides is 2. The summed E-state index contributed by atoms with van der Waals surface area (Å²) in [6, 6.07) is 4.18. The van der Waals surface area contributed by atoms with Gasteiger partial charge in [0.15, 0.2) is 0 Å². The zero-order chi connectivity index (χ0) is 17.9. The molecule has 1 aliphatic rings. The number of nitrogens with one attached hydrogen (secondary N) is 1. The second-order valence-corrected chi connectivity index (χ2v) is 6.26. The molecule has 0 unspecified atom stereocenters. The van der Waals surface area contributed by atoms with Crippen molar-refractivity contribution in [2.24, 2.45) is 5.92 Å². The minimum absolute atomic E-state index is 0.0535. The molecule has 0 radical (unpaired) electrons. The van der Waals surface area contributed by atoms with Crippen LogP contribution in [0.1, 0.15) is 37.8 Å². The molecule has 1 atom stereocenters. The van der Waals surface area contributed by atoms with Crippen LogP contribution in [0.3, 0.4) is 0 Å². The molecular formula is C17H21F3N2O2. The number of halogens is 3. The van der Waals surface area contributed by atoms with E-state index in [-0.39, 0.29) is 24.3 Å². The van der Waals surface area contributed by atoms with E-state index in [0.29, 0.717) is 18.5 Å². The molecule has 1 heterocycles. The van der Waals surface area contributed by atoms with E-state index < -0.39 is 17.8 Å². The number of likely N-dealkylation sites (tertiary alicyclic amines) is 1. The first-order valence-corrected chi connectivity index (χ1v) is 7.94. The van der Waals surface area contributed by atoms with Crippen LogP contribution in [-0.4, -0.2) is 29.3 Å². The van der Waals surface area contributed by atoms with Gasteiger partial charge in [-0.15, -0.1) is 0 Å². The van der Waals surface area contributed by atoms with E-state index in [1.807, 2.05) is 0 Å². The number of rotatable bonds is 4. The molecule has 0 saturated carbocycles. The molecule has 1 aliphatic heterocycles. The van der Waals surface area contributed by atoms with Crippen LogP contribution in [0.2, 0.25) is 0 Å². The first-order valence-electron chi connectivity index (χ1n) is 7.94. The van der Waals surface area contributed by atoms with Gasteiger partial charge < -0.3 is 10.2 Å². The standard InChI is InChI=1S/C17H21F3N2O2/c1-11(2)16(24)22-9-3-4-14(22)15(23)21-10-12-5-7-13(8-6-12)17(18,19)20/h5-8,11,14H,3-4,9-10H2,1-2H3,(H,21,23)/t14-/m0/s1. The Labute approximate surface area is 139 Å². The molecule has 2 rings (SSSR count). The summed E-state index contributed by atoms with van der Waals surface area (Å²) in [5.74, 6) is -0.489. The molecule has 1 aromatic carbocycles. The van der Waals surface area contributed by atoms with Crippen molar-refractivity contribution in [3.05, 3.63) is 35.4 Å². The maximum absolute atomic E-state index is 12.5. The van der Waals surface area contributed by atoms with Gasteiger partial charge >= 0.3 is 6.18 Å². The van der Waals surface area contributed by atoms with Crippen LogP contribution in [0.25, 0.3) is 0 Å². The number of carbonyl (C=O) groups excluding carboxylic acids is 2. The maximum Gasteiger partial charge on any atom is 0.416 e. The van der Waals surface area contributed by atoms with Gasteiger partial charge in [0.1, 0.15) is 6.04 Å². The Morgan fingerprint density at radius 2 is 1.88 bits per heavy atom. The largest absolute Gasteiger partial charge is 0.416 e. The van der Waals surface area contributed by atoms with Gasteiger partial charge in [-0.3, -0.25) is 9.59 Å². The summed E-state index contributed by atoms with van der Waals surface area (Å²) in [7, 11) is 0. The van der Waals surface area contributed by atoms with Gasteiger partial charge in [-0.1, -0.05) is 26.0 Å². The Balaban J connectivity index is 1.94. The van der Waals surface area contributed by atoms with Crippen molar-refractivity contribution in [3.63, 3.8) is 0 Å². The summed E-state index contributed by atoms with van der Waals surface area (Å²) in [4.78, 5) is 26.0. The van der Waals surface area contributed by atoms with Gasteiger partial charge in [-0.25, -0.2) is 0 Å². The third kappa shape index (κ3) is 4.27. The summed E-state index contributed by atoms with van der Waals surface area (Å²) in [5, 5.41) is 2.71. The van der Waals surface area contributed by atoms with Gasteiger partial charge in [0.05, 0.1) is 5.56 Å². The lowest BCUT2D eigenvalue weighted by atomic mass is 10.1. The Morgan fingerprint density at radius 3 is 2.42 bits per heavy atom. The van der Waals surface area contributed by atoms with Crippen LogP contribution in [0.15, 0.2) is 24.3 Å². The van der Waals surface area contributed by atoms with Gasteiger partial charge in [-0.05, 0) is 30.5 Å². The van der Waals surface area contributed by atoms with E-state index in [4.69, 9.17) is 0 Å². The highest BCUT2D eigenvalue weighted by Gasteiger charge is 2.34. The molecule has 0 spiro atoms. The molecule has 1 aromatic rings. The number of hydrogen-bond donors (Lipinski definition) is 1. The minimum Gasteiger partial charge on any atom is -0.350 e. The van der Waals surface area contributed by atoms with Crippen molar-refractivity contribution in [3.8, 4) is 0 Å². The molecule has 4 nitrogen and oxygen atoms in total. The highest BCUT2D eigenvalue weighted by atomic mass is 19.4. The van der Waals surface area contributed by atoms with Crippen LogP contribution < -0.4 is 5.32 Å². The molecule has 1 N–H and O–H groups in total. The molecular weight excluding hydrogens is 321 g/mol. The fourth-order valence-corrected chi connectivity index (χ4v) is 2.75. The average Bonchev–Trinajstić information content (AvgIpc) is 3.00. The van der Waals surface area contributed by atoms with Gasteiger partial charge in [0.2, 0.25) is 11.8 Å². The zero-order valence-electron chi connectivity index (χ0n) is 13.7. The highest BCUT2D eigenvalue weighted by Crippen LogP contribution is 2.29. The van der Waals surface area contributed by atoms with E-state index >= 15 is 0 Å². The maximum atomic E-state index is 12.5. The third-order valence-corrected chi connectivity index (χ3v) is 4.08. The lowest BCUT2D eigenvalue weighted by Gasteiger charge is -2.25. The van der Waals surface area contributed by atoms with Crippen molar-refractivity contribution in [1.82, 2.24) is 10.2 Å². The van der Waals surface area contributed by atoms with Crippen LogP contribution in [0.4, 0.5) is 13.2 Å². The average molecular weight is 342 g/mol. The van der Waals surface area contributed by atoms with E-state index in [0.717, 1.165) is 18.6 Å². The van der Waals surface area contributed by atoms with Gasteiger partial charge in [0.25, 0.3) is 0 Å². The van der Waals surface area contributed by atoms with Crippen LogP contribution in [0, 0.1) is 5.92 Å². The smallest absolute Gasteiger partial charge is 0.350 e. The summed E-state index contributed by atoms with van der Waals surface area (Å²) in [6.07, 6.45) is -2.99. The van der Waals surface area contributed by atoms with Crippen molar-refractivity contribution in [1.29, 1.82) is 0 Å².